The maximum absolute atomic E-state index is 5.45. The van der Waals surface area contributed by atoms with Crippen LogP contribution < -0.4 is 10.1 Å². The van der Waals surface area contributed by atoms with Crippen molar-refractivity contribution in [2.24, 2.45) is 0 Å². The summed E-state index contributed by atoms with van der Waals surface area (Å²) < 4.78 is 7.51. The summed E-state index contributed by atoms with van der Waals surface area (Å²) in [6.45, 7) is 8.76. The molecule has 2 aromatic rings. The van der Waals surface area contributed by atoms with Gasteiger partial charge in [0.15, 0.2) is 0 Å². The van der Waals surface area contributed by atoms with Gasteiger partial charge in [0.2, 0.25) is 0 Å². The van der Waals surface area contributed by atoms with Crippen molar-refractivity contribution < 1.29 is 4.74 Å². The number of nitrogens with one attached hydrogen (secondary N) is 1. The first-order chi connectivity index (χ1) is 10.2. The van der Waals surface area contributed by atoms with Crippen molar-refractivity contribution in [3.8, 4) is 5.75 Å². The van der Waals surface area contributed by atoms with Crippen molar-refractivity contribution in [2.75, 3.05) is 13.7 Å². The summed E-state index contributed by atoms with van der Waals surface area (Å²) in [5, 5.41) is 3.35. The van der Waals surface area contributed by atoms with Crippen LogP contribution in [0.5, 0.6) is 5.75 Å². The summed E-state index contributed by atoms with van der Waals surface area (Å²) in [5.41, 5.74) is 4.23. The monoisotopic (exact) mass is 288 g/mol. The highest BCUT2D eigenvalue weighted by atomic mass is 16.5. The zero-order valence-electron chi connectivity index (χ0n) is 13.3. The Hall–Kier alpha value is -1.88. The van der Waals surface area contributed by atoms with Gasteiger partial charge >= 0.3 is 0 Å². The third-order valence-electron chi connectivity index (χ3n) is 3.50. The molecule has 114 valence electrons. The molecule has 0 atom stereocenters. The highest BCUT2D eigenvalue weighted by Gasteiger charge is 2.10. The van der Waals surface area contributed by atoms with Crippen molar-refractivity contribution in [2.45, 2.75) is 40.3 Å². The van der Waals surface area contributed by atoms with Gasteiger partial charge in [-0.2, -0.15) is 0 Å². The van der Waals surface area contributed by atoms with E-state index in [1.807, 2.05) is 19.4 Å². The number of methoxy groups -OCH3 is 1. The van der Waals surface area contributed by atoms with Gasteiger partial charge in [-0.3, -0.25) is 4.98 Å². The summed E-state index contributed by atoms with van der Waals surface area (Å²) in [6.07, 6.45) is 6.92. The minimum absolute atomic E-state index is 0.712. The highest BCUT2D eigenvalue weighted by molar-refractivity contribution is 5.41. The number of aryl methyl sites for hydroxylation is 1. The van der Waals surface area contributed by atoms with E-state index in [-0.39, 0.29) is 0 Å². The van der Waals surface area contributed by atoms with Gasteiger partial charge in [-0.05, 0) is 26.8 Å². The Balaban J connectivity index is 2.08. The van der Waals surface area contributed by atoms with E-state index in [1.54, 1.807) is 7.11 Å². The van der Waals surface area contributed by atoms with Gasteiger partial charge in [-0.15, -0.1) is 0 Å². The van der Waals surface area contributed by atoms with Gasteiger partial charge in [-0.25, -0.2) is 4.98 Å². The van der Waals surface area contributed by atoms with E-state index in [1.165, 1.54) is 0 Å². The molecule has 0 aromatic carbocycles. The van der Waals surface area contributed by atoms with E-state index in [9.17, 15) is 0 Å². The molecule has 0 fully saturated rings. The smallest absolute Gasteiger partial charge is 0.128 e. The van der Waals surface area contributed by atoms with E-state index in [4.69, 9.17) is 4.74 Å². The highest BCUT2D eigenvalue weighted by Crippen LogP contribution is 2.24. The molecule has 0 saturated carbocycles. The van der Waals surface area contributed by atoms with E-state index in [0.29, 0.717) is 6.54 Å². The fourth-order valence-corrected chi connectivity index (χ4v) is 2.38. The minimum Gasteiger partial charge on any atom is -0.496 e. The molecule has 0 bridgehead atoms. The van der Waals surface area contributed by atoms with Gasteiger partial charge < -0.3 is 14.6 Å². The van der Waals surface area contributed by atoms with Crippen LogP contribution in [0, 0.1) is 13.8 Å². The zero-order chi connectivity index (χ0) is 15.2. The molecule has 2 heterocycles. The minimum atomic E-state index is 0.712. The first kappa shape index (κ1) is 15.5. The number of pyridine rings is 1. The molecule has 2 rings (SSSR count). The molecule has 0 unspecified atom stereocenters. The molecule has 0 radical (unpaired) electrons. The summed E-state index contributed by atoms with van der Waals surface area (Å²) in [7, 11) is 1.70. The maximum Gasteiger partial charge on any atom is 0.128 e. The molecule has 0 aliphatic heterocycles. The van der Waals surface area contributed by atoms with Crippen LogP contribution in [0.4, 0.5) is 0 Å². The second-order valence-corrected chi connectivity index (χ2v) is 5.26. The topological polar surface area (TPSA) is 52.0 Å². The van der Waals surface area contributed by atoms with Crippen LogP contribution in [0.25, 0.3) is 0 Å². The van der Waals surface area contributed by atoms with Gasteiger partial charge in [0.25, 0.3) is 0 Å². The van der Waals surface area contributed by atoms with Crippen molar-refractivity contribution in [3.63, 3.8) is 0 Å². The van der Waals surface area contributed by atoms with Gasteiger partial charge in [0.05, 0.1) is 31.4 Å². The standard InChI is InChI=1S/C16H24N4O/c1-5-6-17-8-14-9-20(11-19-14)10-15-13(3)16(21-4)12(2)7-18-15/h7,9,11,17H,5-6,8,10H2,1-4H3. The average molecular weight is 288 g/mol. The SMILES string of the molecule is CCCNCc1cn(Cc2ncc(C)c(OC)c2C)cn1. The molecule has 5 heteroatoms. The molecular weight excluding hydrogens is 264 g/mol. The van der Waals surface area contributed by atoms with Gasteiger partial charge in [0, 0.05) is 30.1 Å². The summed E-state index contributed by atoms with van der Waals surface area (Å²) in [5.74, 6) is 0.921. The Morgan fingerprint density at radius 3 is 2.81 bits per heavy atom. The molecule has 0 aliphatic rings. The summed E-state index contributed by atoms with van der Waals surface area (Å²) in [6, 6.07) is 0. The molecule has 21 heavy (non-hydrogen) atoms. The van der Waals surface area contributed by atoms with E-state index in [2.05, 4.69) is 39.9 Å². The number of hydrogen-bond donors (Lipinski definition) is 1. The van der Waals surface area contributed by atoms with E-state index >= 15 is 0 Å². The quantitative estimate of drug-likeness (QED) is 0.795. The lowest BCUT2D eigenvalue weighted by Crippen LogP contribution is -2.13. The second-order valence-electron chi connectivity index (χ2n) is 5.26. The van der Waals surface area contributed by atoms with E-state index < -0.39 is 0 Å². The molecule has 0 spiro atoms. The fraction of sp³-hybridized carbons (Fsp3) is 0.500. The number of hydrogen-bond acceptors (Lipinski definition) is 4. The molecule has 0 aliphatic carbocycles. The van der Waals surface area contributed by atoms with Crippen molar-refractivity contribution >= 4 is 0 Å². The number of aromatic nitrogens is 3. The first-order valence-corrected chi connectivity index (χ1v) is 7.36. The van der Waals surface area contributed by atoms with Crippen LogP contribution in [-0.2, 0) is 13.1 Å². The number of nitrogens with zero attached hydrogens (tertiary/aromatic N) is 3. The molecule has 2 aromatic heterocycles. The van der Waals surface area contributed by atoms with Gasteiger partial charge in [0.1, 0.15) is 5.75 Å². The number of rotatable bonds is 7. The van der Waals surface area contributed by atoms with Crippen molar-refractivity contribution in [1.29, 1.82) is 0 Å². The lowest BCUT2D eigenvalue weighted by molar-refractivity contribution is 0.406. The van der Waals surface area contributed by atoms with Crippen molar-refractivity contribution in [1.82, 2.24) is 19.9 Å². The lowest BCUT2D eigenvalue weighted by atomic mass is 10.1. The average Bonchev–Trinajstić information content (AvgIpc) is 2.91. The first-order valence-electron chi connectivity index (χ1n) is 7.36. The summed E-state index contributed by atoms with van der Waals surface area (Å²) >= 11 is 0. The van der Waals surface area contributed by atoms with Crippen LogP contribution in [-0.4, -0.2) is 28.2 Å². The molecule has 5 nitrogen and oxygen atoms in total. The Bertz CT molecular complexity index is 592. The number of imidazole rings is 1. The molecular formula is C16H24N4O. The van der Waals surface area contributed by atoms with Gasteiger partial charge in [-0.1, -0.05) is 6.92 Å². The Labute approximate surface area is 126 Å². The normalized spacial score (nSPS) is 10.9. The molecule has 0 saturated heterocycles. The zero-order valence-corrected chi connectivity index (χ0v) is 13.3. The predicted molar refractivity (Wildman–Crippen MR) is 83.6 cm³/mol. The Kier molecular flexibility index (Phi) is 5.33. The fourth-order valence-electron chi connectivity index (χ4n) is 2.38. The largest absolute Gasteiger partial charge is 0.496 e. The lowest BCUT2D eigenvalue weighted by Gasteiger charge is -2.12. The Morgan fingerprint density at radius 2 is 2.10 bits per heavy atom. The van der Waals surface area contributed by atoms with Crippen LogP contribution in [0.2, 0.25) is 0 Å². The van der Waals surface area contributed by atoms with Crippen LogP contribution in [0.1, 0.15) is 35.9 Å². The third-order valence-corrected chi connectivity index (χ3v) is 3.50. The van der Waals surface area contributed by atoms with E-state index in [0.717, 1.165) is 47.8 Å². The third kappa shape index (κ3) is 3.82. The second kappa shape index (κ2) is 7.22. The van der Waals surface area contributed by atoms with Crippen LogP contribution in [0.3, 0.4) is 0 Å². The van der Waals surface area contributed by atoms with Crippen LogP contribution in [0.15, 0.2) is 18.7 Å². The Morgan fingerprint density at radius 1 is 1.29 bits per heavy atom. The predicted octanol–water partition coefficient (Wildman–Crippen LogP) is 2.45. The number of ether oxygens (including phenoxy) is 1. The van der Waals surface area contributed by atoms with Crippen molar-refractivity contribution in [3.05, 3.63) is 41.2 Å². The molecule has 1 N–H and O–H groups in total. The van der Waals surface area contributed by atoms with Crippen LogP contribution >= 0.6 is 0 Å². The maximum atomic E-state index is 5.45. The molecule has 0 amide bonds. The summed E-state index contributed by atoms with van der Waals surface area (Å²) in [4.78, 5) is 8.94.